The predicted octanol–water partition coefficient (Wildman–Crippen LogP) is 3.27. The summed E-state index contributed by atoms with van der Waals surface area (Å²) < 4.78 is 0. The number of nitrogens with two attached hydrogens (primary N) is 2. The van der Waals surface area contributed by atoms with Crippen molar-refractivity contribution in [3.63, 3.8) is 0 Å². The lowest BCUT2D eigenvalue weighted by Gasteiger charge is -2.12. The average molecular weight is 331 g/mol. The van der Waals surface area contributed by atoms with Crippen LogP contribution in [-0.4, -0.2) is 10.9 Å². The molecule has 0 saturated carbocycles. The average Bonchev–Trinajstić information content (AvgIpc) is 2.42. The summed E-state index contributed by atoms with van der Waals surface area (Å²) in [6, 6.07) is 4.74. The lowest BCUT2D eigenvalue weighted by atomic mass is 10.0. The maximum atomic E-state index is 11.3. The predicted molar refractivity (Wildman–Crippen MR) is 81.1 cm³/mol. The summed E-state index contributed by atoms with van der Waals surface area (Å²) >= 11 is 18.2. The Bertz CT molecular complexity index is 689. The minimum absolute atomic E-state index is 0.175. The maximum Gasteiger partial charge on any atom is 0.250 e. The van der Waals surface area contributed by atoms with Crippen LogP contribution in [0, 0.1) is 0 Å². The number of amides is 1. The zero-order valence-electron chi connectivity index (χ0n) is 10.2. The fourth-order valence-electron chi connectivity index (χ4n) is 1.78. The van der Waals surface area contributed by atoms with Crippen LogP contribution in [0.5, 0.6) is 0 Å². The van der Waals surface area contributed by atoms with E-state index in [0.29, 0.717) is 31.9 Å². The first kappa shape index (κ1) is 15.1. The van der Waals surface area contributed by atoms with Gasteiger partial charge in [0.15, 0.2) is 0 Å². The van der Waals surface area contributed by atoms with Gasteiger partial charge >= 0.3 is 0 Å². The smallest absolute Gasteiger partial charge is 0.250 e. The van der Waals surface area contributed by atoms with Gasteiger partial charge in [0.1, 0.15) is 0 Å². The number of rotatable bonds is 3. The van der Waals surface area contributed by atoms with E-state index in [1.165, 1.54) is 12.3 Å². The Morgan fingerprint density at radius 1 is 1.15 bits per heavy atom. The Labute approximate surface area is 130 Å². The Kier molecular flexibility index (Phi) is 4.50. The van der Waals surface area contributed by atoms with Gasteiger partial charge in [0, 0.05) is 28.9 Å². The number of carbonyl (C=O) groups excluding carboxylic acids is 1. The summed E-state index contributed by atoms with van der Waals surface area (Å²) in [6.07, 6.45) is 1.37. The fraction of sp³-hybridized carbons (Fsp3) is 0.0769. The van der Waals surface area contributed by atoms with Crippen LogP contribution in [0.25, 0.3) is 11.1 Å². The second-order valence-corrected chi connectivity index (χ2v) is 5.26. The molecule has 0 bridgehead atoms. The molecule has 0 aliphatic rings. The zero-order valence-corrected chi connectivity index (χ0v) is 12.4. The van der Waals surface area contributed by atoms with Crippen molar-refractivity contribution in [3.05, 3.63) is 50.7 Å². The fourth-order valence-corrected chi connectivity index (χ4v) is 2.48. The van der Waals surface area contributed by atoms with E-state index in [0.717, 1.165) is 0 Å². The third-order valence-electron chi connectivity index (χ3n) is 2.73. The summed E-state index contributed by atoms with van der Waals surface area (Å²) in [7, 11) is 0. The molecule has 1 aromatic carbocycles. The number of benzene rings is 1. The first-order valence-corrected chi connectivity index (χ1v) is 6.71. The molecule has 2 rings (SSSR count). The van der Waals surface area contributed by atoms with Crippen LogP contribution in [0.1, 0.15) is 16.1 Å². The van der Waals surface area contributed by atoms with Crippen LogP contribution in [0.3, 0.4) is 0 Å². The van der Waals surface area contributed by atoms with Crippen LogP contribution in [0.4, 0.5) is 0 Å². The van der Waals surface area contributed by atoms with Gasteiger partial charge in [-0.1, -0.05) is 34.8 Å². The third kappa shape index (κ3) is 2.88. The highest BCUT2D eigenvalue weighted by atomic mass is 35.5. The van der Waals surface area contributed by atoms with Crippen LogP contribution in [-0.2, 0) is 6.54 Å². The van der Waals surface area contributed by atoms with Gasteiger partial charge in [0.2, 0.25) is 5.91 Å². The number of aromatic nitrogens is 1. The van der Waals surface area contributed by atoms with E-state index in [9.17, 15) is 4.79 Å². The monoisotopic (exact) mass is 329 g/mol. The van der Waals surface area contributed by atoms with Crippen LogP contribution < -0.4 is 11.5 Å². The Morgan fingerprint density at radius 2 is 1.85 bits per heavy atom. The topological polar surface area (TPSA) is 82.0 Å². The van der Waals surface area contributed by atoms with E-state index in [1.54, 1.807) is 12.1 Å². The van der Waals surface area contributed by atoms with Crippen molar-refractivity contribution in [1.29, 1.82) is 0 Å². The lowest BCUT2D eigenvalue weighted by Crippen LogP contribution is -2.13. The van der Waals surface area contributed by atoms with Crippen LogP contribution in [0.15, 0.2) is 24.4 Å². The molecule has 104 valence electrons. The van der Waals surface area contributed by atoms with Gasteiger partial charge < -0.3 is 11.5 Å². The van der Waals surface area contributed by atoms with E-state index in [2.05, 4.69) is 4.98 Å². The molecule has 0 radical (unpaired) electrons. The number of carbonyl (C=O) groups is 1. The second kappa shape index (κ2) is 5.97. The van der Waals surface area contributed by atoms with Crippen molar-refractivity contribution < 1.29 is 4.79 Å². The second-order valence-electron chi connectivity index (χ2n) is 4.04. The van der Waals surface area contributed by atoms with E-state index >= 15 is 0 Å². The molecule has 0 fully saturated rings. The van der Waals surface area contributed by atoms with E-state index in [-0.39, 0.29) is 12.1 Å². The Morgan fingerprint density at radius 3 is 2.45 bits per heavy atom. The molecule has 4 nitrogen and oxygen atoms in total. The summed E-state index contributed by atoms with van der Waals surface area (Å²) in [5.74, 6) is -0.591. The zero-order chi connectivity index (χ0) is 14.9. The minimum atomic E-state index is -0.591. The van der Waals surface area contributed by atoms with Crippen molar-refractivity contribution in [2.75, 3.05) is 0 Å². The van der Waals surface area contributed by atoms with Crippen LogP contribution in [0.2, 0.25) is 15.1 Å². The van der Waals surface area contributed by atoms with Crippen LogP contribution >= 0.6 is 34.8 Å². The summed E-state index contributed by atoms with van der Waals surface area (Å²) in [4.78, 5) is 15.4. The lowest BCUT2D eigenvalue weighted by molar-refractivity contribution is 0.1000. The molecular formula is C13H10Cl3N3O. The standard InChI is InChI=1S/C13H10Cl3N3O/c14-7-2-9(12(16)10(15)3-7)8-1-6(13(18)20)5-19-11(8)4-17/h1-3,5H,4,17H2,(H2,18,20). The van der Waals surface area contributed by atoms with Crippen molar-refractivity contribution in [3.8, 4) is 11.1 Å². The molecule has 0 atom stereocenters. The van der Waals surface area contributed by atoms with Gasteiger partial charge in [-0.2, -0.15) is 0 Å². The number of pyridine rings is 1. The highest BCUT2D eigenvalue weighted by Gasteiger charge is 2.15. The number of primary amides is 1. The van der Waals surface area contributed by atoms with Gasteiger partial charge in [-0.05, 0) is 18.2 Å². The van der Waals surface area contributed by atoms with Gasteiger partial charge in [-0.15, -0.1) is 0 Å². The molecule has 0 aliphatic carbocycles. The SMILES string of the molecule is NCc1ncc(C(N)=O)cc1-c1cc(Cl)cc(Cl)c1Cl. The largest absolute Gasteiger partial charge is 0.366 e. The first-order chi connectivity index (χ1) is 9.43. The minimum Gasteiger partial charge on any atom is -0.366 e. The number of halogens is 3. The van der Waals surface area contributed by atoms with Crippen molar-refractivity contribution in [1.82, 2.24) is 4.98 Å². The summed E-state index contributed by atoms with van der Waals surface area (Å²) in [5, 5.41) is 1.04. The normalized spacial score (nSPS) is 10.6. The maximum absolute atomic E-state index is 11.3. The van der Waals surface area contributed by atoms with Gasteiger partial charge in [0.05, 0.1) is 21.3 Å². The molecule has 0 aliphatic heterocycles. The molecule has 0 saturated heterocycles. The Hall–Kier alpha value is -1.33. The summed E-state index contributed by atoms with van der Waals surface area (Å²) in [6.45, 7) is 0.175. The molecule has 1 aromatic heterocycles. The molecule has 1 amide bonds. The molecule has 0 unspecified atom stereocenters. The number of hydrogen-bond acceptors (Lipinski definition) is 3. The highest BCUT2D eigenvalue weighted by molar-refractivity contribution is 6.45. The quantitative estimate of drug-likeness (QED) is 0.847. The molecule has 7 heteroatoms. The molecule has 4 N–H and O–H groups in total. The van der Waals surface area contributed by atoms with Gasteiger partial charge in [0.25, 0.3) is 0 Å². The summed E-state index contributed by atoms with van der Waals surface area (Å²) in [5.41, 5.74) is 12.9. The Balaban J connectivity index is 2.73. The van der Waals surface area contributed by atoms with E-state index in [4.69, 9.17) is 46.3 Å². The van der Waals surface area contributed by atoms with Crippen molar-refractivity contribution in [2.24, 2.45) is 11.5 Å². The van der Waals surface area contributed by atoms with E-state index in [1.807, 2.05) is 0 Å². The molecule has 0 spiro atoms. The number of nitrogens with zero attached hydrogens (tertiary/aromatic N) is 1. The number of hydrogen-bond donors (Lipinski definition) is 2. The van der Waals surface area contributed by atoms with E-state index < -0.39 is 5.91 Å². The van der Waals surface area contributed by atoms with Crippen molar-refractivity contribution in [2.45, 2.75) is 6.54 Å². The highest BCUT2D eigenvalue weighted by Crippen LogP contribution is 2.37. The van der Waals surface area contributed by atoms with Crippen molar-refractivity contribution >= 4 is 40.7 Å². The molecule has 1 heterocycles. The third-order valence-corrected chi connectivity index (χ3v) is 3.75. The molecule has 2 aromatic rings. The molecule has 20 heavy (non-hydrogen) atoms. The first-order valence-electron chi connectivity index (χ1n) is 5.57. The van der Waals surface area contributed by atoms with Gasteiger partial charge in [-0.25, -0.2) is 0 Å². The molecular weight excluding hydrogens is 321 g/mol. The van der Waals surface area contributed by atoms with Gasteiger partial charge in [-0.3, -0.25) is 9.78 Å².